The SMILES string of the molecule is Nc1nc(-c2ccccc2)nc2cc(-c3ccccc3)nn12. The molecule has 2 N–H and O–H groups in total. The molecule has 5 heteroatoms. The van der Waals surface area contributed by atoms with Crippen LogP contribution in [0.3, 0.4) is 0 Å². The van der Waals surface area contributed by atoms with Crippen LogP contribution >= 0.6 is 0 Å². The van der Waals surface area contributed by atoms with E-state index in [1.807, 2.05) is 66.7 Å². The maximum absolute atomic E-state index is 6.04. The van der Waals surface area contributed by atoms with Crippen LogP contribution in [-0.4, -0.2) is 19.6 Å². The molecule has 0 radical (unpaired) electrons. The zero-order valence-corrected chi connectivity index (χ0v) is 11.7. The molecular weight excluding hydrogens is 274 g/mol. The van der Waals surface area contributed by atoms with Gasteiger partial charge in [0.2, 0.25) is 5.95 Å². The van der Waals surface area contributed by atoms with Crippen LogP contribution in [0.15, 0.2) is 66.7 Å². The monoisotopic (exact) mass is 287 g/mol. The number of anilines is 1. The van der Waals surface area contributed by atoms with Crippen molar-refractivity contribution in [3.8, 4) is 22.6 Å². The average molecular weight is 287 g/mol. The molecule has 2 heterocycles. The Morgan fingerprint density at radius 3 is 2.09 bits per heavy atom. The third kappa shape index (κ3) is 2.09. The molecule has 0 aliphatic heterocycles. The van der Waals surface area contributed by atoms with Crippen LogP contribution in [0.2, 0.25) is 0 Å². The first-order valence-corrected chi connectivity index (χ1v) is 6.95. The van der Waals surface area contributed by atoms with E-state index in [1.54, 1.807) is 4.52 Å². The van der Waals surface area contributed by atoms with Crippen LogP contribution in [-0.2, 0) is 0 Å². The zero-order valence-electron chi connectivity index (χ0n) is 11.7. The second kappa shape index (κ2) is 4.96. The van der Waals surface area contributed by atoms with Crippen LogP contribution in [0.1, 0.15) is 0 Å². The normalized spacial score (nSPS) is 10.9. The molecule has 4 rings (SSSR count). The summed E-state index contributed by atoms with van der Waals surface area (Å²) in [6.07, 6.45) is 0. The lowest BCUT2D eigenvalue weighted by Crippen LogP contribution is -2.05. The Hall–Kier alpha value is -3.21. The molecule has 0 amide bonds. The molecular formula is C17H13N5. The van der Waals surface area contributed by atoms with Gasteiger partial charge in [-0.2, -0.15) is 14.6 Å². The van der Waals surface area contributed by atoms with Crippen LogP contribution in [0.4, 0.5) is 5.95 Å². The van der Waals surface area contributed by atoms with Crippen LogP contribution in [0.25, 0.3) is 28.3 Å². The lowest BCUT2D eigenvalue weighted by Gasteiger charge is -2.02. The van der Waals surface area contributed by atoms with Gasteiger partial charge in [-0.25, -0.2) is 4.98 Å². The van der Waals surface area contributed by atoms with E-state index in [9.17, 15) is 0 Å². The molecule has 0 aliphatic rings. The highest BCUT2D eigenvalue weighted by atomic mass is 15.3. The van der Waals surface area contributed by atoms with Crippen molar-refractivity contribution in [3.05, 3.63) is 66.7 Å². The molecule has 2 aromatic carbocycles. The Balaban J connectivity index is 1.88. The second-order valence-corrected chi connectivity index (χ2v) is 4.94. The molecule has 0 saturated carbocycles. The molecule has 5 nitrogen and oxygen atoms in total. The van der Waals surface area contributed by atoms with Gasteiger partial charge in [0.05, 0.1) is 5.69 Å². The molecule has 0 unspecified atom stereocenters. The van der Waals surface area contributed by atoms with Crippen molar-refractivity contribution in [2.24, 2.45) is 0 Å². The molecule has 0 spiro atoms. The Labute approximate surface area is 127 Å². The van der Waals surface area contributed by atoms with Gasteiger partial charge in [-0.15, -0.1) is 0 Å². The Kier molecular flexibility index (Phi) is 2.83. The van der Waals surface area contributed by atoms with Gasteiger partial charge in [-0.1, -0.05) is 60.7 Å². The lowest BCUT2D eigenvalue weighted by molar-refractivity contribution is 0.916. The van der Waals surface area contributed by atoms with E-state index in [2.05, 4.69) is 15.1 Å². The molecule has 0 fully saturated rings. The first kappa shape index (κ1) is 12.5. The van der Waals surface area contributed by atoms with E-state index in [1.165, 1.54) is 0 Å². The van der Waals surface area contributed by atoms with E-state index in [-0.39, 0.29) is 0 Å². The minimum atomic E-state index is 0.325. The molecule has 0 atom stereocenters. The molecule has 0 saturated heterocycles. The third-order valence-corrected chi connectivity index (χ3v) is 3.45. The summed E-state index contributed by atoms with van der Waals surface area (Å²) in [5, 5.41) is 4.48. The van der Waals surface area contributed by atoms with Crippen molar-refractivity contribution in [1.82, 2.24) is 19.6 Å². The Morgan fingerprint density at radius 1 is 0.773 bits per heavy atom. The molecule has 0 aliphatic carbocycles. The number of hydrogen-bond donors (Lipinski definition) is 1. The minimum absolute atomic E-state index is 0.325. The van der Waals surface area contributed by atoms with E-state index < -0.39 is 0 Å². The largest absolute Gasteiger partial charge is 0.368 e. The summed E-state index contributed by atoms with van der Waals surface area (Å²) in [6, 6.07) is 21.6. The van der Waals surface area contributed by atoms with Crippen molar-refractivity contribution < 1.29 is 0 Å². The number of nitrogens with zero attached hydrogens (tertiary/aromatic N) is 4. The number of fused-ring (bicyclic) bond motifs is 1. The first-order chi connectivity index (χ1) is 10.8. The maximum atomic E-state index is 6.04. The minimum Gasteiger partial charge on any atom is -0.368 e. The highest BCUT2D eigenvalue weighted by Crippen LogP contribution is 2.22. The number of aromatic nitrogens is 4. The first-order valence-electron chi connectivity index (χ1n) is 6.95. The Bertz CT molecular complexity index is 929. The van der Waals surface area contributed by atoms with Gasteiger partial charge in [-0.3, -0.25) is 0 Å². The number of nitrogens with two attached hydrogens (primary N) is 1. The van der Waals surface area contributed by atoms with Crippen LogP contribution in [0, 0.1) is 0 Å². The fourth-order valence-corrected chi connectivity index (χ4v) is 2.38. The van der Waals surface area contributed by atoms with Crippen molar-refractivity contribution >= 4 is 11.6 Å². The van der Waals surface area contributed by atoms with Gasteiger partial charge in [0.15, 0.2) is 11.5 Å². The quantitative estimate of drug-likeness (QED) is 0.615. The van der Waals surface area contributed by atoms with E-state index >= 15 is 0 Å². The fraction of sp³-hybridized carbons (Fsp3) is 0. The fourth-order valence-electron chi connectivity index (χ4n) is 2.38. The van der Waals surface area contributed by atoms with Gasteiger partial charge in [0, 0.05) is 17.2 Å². The third-order valence-electron chi connectivity index (χ3n) is 3.45. The molecule has 0 bridgehead atoms. The van der Waals surface area contributed by atoms with E-state index in [0.29, 0.717) is 17.4 Å². The van der Waals surface area contributed by atoms with Gasteiger partial charge < -0.3 is 5.73 Å². The van der Waals surface area contributed by atoms with Gasteiger partial charge in [0.25, 0.3) is 0 Å². The summed E-state index contributed by atoms with van der Waals surface area (Å²) in [7, 11) is 0. The summed E-state index contributed by atoms with van der Waals surface area (Å²) in [4.78, 5) is 8.91. The number of rotatable bonds is 2. The molecule has 22 heavy (non-hydrogen) atoms. The summed E-state index contributed by atoms with van der Waals surface area (Å²) in [5.74, 6) is 0.927. The predicted octanol–water partition coefficient (Wildman–Crippen LogP) is 3.04. The highest BCUT2D eigenvalue weighted by Gasteiger charge is 2.11. The predicted molar refractivity (Wildman–Crippen MR) is 86.1 cm³/mol. The van der Waals surface area contributed by atoms with Crippen LogP contribution < -0.4 is 5.73 Å². The number of benzene rings is 2. The smallest absolute Gasteiger partial charge is 0.225 e. The van der Waals surface area contributed by atoms with E-state index in [4.69, 9.17) is 5.73 Å². The lowest BCUT2D eigenvalue weighted by atomic mass is 10.2. The standard InChI is InChI=1S/C17H13N5/c18-17-20-16(13-9-5-2-6-10-13)19-15-11-14(21-22(15)17)12-7-3-1-4-8-12/h1-11H,(H2,18,19,20). The van der Waals surface area contributed by atoms with Gasteiger partial charge in [0.1, 0.15) is 0 Å². The summed E-state index contributed by atoms with van der Waals surface area (Å²) in [6.45, 7) is 0. The average Bonchev–Trinajstić information content (AvgIpc) is 3.01. The molecule has 106 valence electrons. The summed E-state index contributed by atoms with van der Waals surface area (Å²) < 4.78 is 1.56. The van der Waals surface area contributed by atoms with Gasteiger partial charge >= 0.3 is 0 Å². The second-order valence-electron chi connectivity index (χ2n) is 4.94. The number of nitrogen functional groups attached to an aromatic ring is 1. The maximum Gasteiger partial charge on any atom is 0.225 e. The van der Waals surface area contributed by atoms with E-state index in [0.717, 1.165) is 16.8 Å². The summed E-state index contributed by atoms with van der Waals surface area (Å²) in [5.41, 5.74) is 9.50. The molecule has 2 aromatic heterocycles. The summed E-state index contributed by atoms with van der Waals surface area (Å²) >= 11 is 0. The highest BCUT2D eigenvalue weighted by molar-refractivity contribution is 5.67. The van der Waals surface area contributed by atoms with Crippen molar-refractivity contribution in [2.75, 3.05) is 5.73 Å². The topological polar surface area (TPSA) is 69.1 Å². The molecule has 4 aromatic rings. The zero-order chi connectivity index (χ0) is 14.9. The van der Waals surface area contributed by atoms with Crippen molar-refractivity contribution in [2.45, 2.75) is 0 Å². The number of hydrogen-bond acceptors (Lipinski definition) is 4. The van der Waals surface area contributed by atoms with Crippen LogP contribution in [0.5, 0.6) is 0 Å². The van der Waals surface area contributed by atoms with Gasteiger partial charge in [-0.05, 0) is 0 Å². The Morgan fingerprint density at radius 2 is 1.41 bits per heavy atom. The van der Waals surface area contributed by atoms with Crippen molar-refractivity contribution in [1.29, 1.82) is 0 Å². The van der Waals surface area contributed by atoms with Crippen molar-refractivity contribution in [3.63, 3.8) is 0 Å².